The molecule has 1 aromatic carbocycles. The second-order valence-electron chi connectivity index (χ2n) is 5.09. The lowest BCUT2D eigenvalue weighted by molar-refractivity contribution is -0.128. The van der Waals surface area contributed by atoms with Crippen molar-refractivity contribution in [2.75, 3.05) is 33.3 Å². The van der Waals surface area contributed by atoms with Crippen molar-refractivity contribution in [3.8, 4) is 5.75 Å². The number of hydrogen-bond acceptors (Lipinski definition) is 3. The molecule has 0 aliphatic carbocycles. The van der Waals surface area contributed by atoms with Gasteiger partial charge in [0.1, 0.15) is 5.75 Å². The number of carbonyl (C=O) groups is 1. The van der Waals surface area contributed by atoms with Gasteiger partial charge in [-0.05, 0) is 24.6 Å². The van der Waals surface area contributed by atoms with Gasteiger partial charge in [-0.25, -0.2) is 0 Å². The molecule has 0 bridgehead atoms. The van der Waals surface area contributed by atoms with Gasteiger partial charge in [-0.3, -0.25) is 9.69 Å². The van der Waals surface area contributed by atoms with Gasteiger partial charge in [0.15, 0.2) is 0 Å². The van der Waals surface area contributed by atoms with Crippen LogP contribution in [-0.4, -0.2) is 49.0 Å². The molecule has 1 saturated heterocycles. The summed E-state index contributed by atoms with van der Waals surface area (Å²) < 4.78 is 6.48. The fourth-order valence-electron chi connectivity index (χ4n) is 2.56. The number of rotatable bonds is 3. The Bertz CT molecular complexity index is 479. The molecule has 2 rings (SSSR count). The third-order valence-electron chi connectivity index (χ3n) is 3.67. The molecule has 1 amide bonds. The first-order valence-electron chi connectivity index (χ1n) is 6.90. The van der Waals surface area contributed by atoms with Crippen LogP contribution in [0.25, 0.3) is 0 Å². The van der Waals surface area contributed by atoms with Crippen LogP contribution in [0.5, 0.6) is 5.75 Å². The number of methoxy groups -OCH3 is 1. The van der Waals surface area contributed by atoms with Crippen LogP contribution in [0, 0.1) is 0 Å². The number of carbonyl (C=O) groups excluding carboxylic acids is 1. The summed E-state index contributed by atoms with van der Waals surface area (Å²) in [5.41, 5.74) is 1.18. The highest BCUT2D eigenvalue weighted by molar-refractivity contribution is 9.10. The molecule has 0 spiro atoms. The summed E-state index contributed by atoms with van der Waals surface area (Å²) in [4.78, 5) is 15.8. The predicted molar refractivity (Wildman–Crippen MR) is 82.8 cm³/mol. The minimum atomic E-state index is 0.173. The maximum Gasteiger partial charge on any atom is 0.219 e. The summed E-state index contributed by atoms with van der Waals surface area (Å²) in [5, 5.41) is 0. The lowest BCUT2D eigenvalue weighted by atomic mass is 10.2. The molecule has 0 radical (unpaired) electrons. The van der Waals surface area contributed by atoms with Gasteiger partial charge in [-0.2, -0.15) is 0 Å². The fourth-order valence-corrected chi connectivity index (χ4v) is 2.96. The molecule has 1 aliphatic heterocycles. The standard InChI is InChI=1S/C15H21BrN2O2/c1-12(19)18-7-3-6-17(8-9-18)11-13-10-14(16)4-5-15(13)20-2/h4-5,10H,3,6-9,11H2,1-2H3. The molecule has 110 valence electrons. The van der Waals surface area contributed by atoms with E-state index in [4.69, 9.17) is 4.74 Å². The molecule has 1 aromatic rings. The average molecular weight is 341 g/mol. The molecule has 0 aromatic heterocycles. The maximum absolute atomic E-state index is 11.4. The van der Waals surface area contributed by atoms with Crippen molar-refractivity contribution in [1.82, 2.24) is 9.80 Å². The zero-order chi connectivity index (χ0) is 14.5. The van der Waals surface area contributed by atoms with E-state index in [9.17, 15) is 4.79 Å². The zero-order valence-electron chi connectivity index (χ0n) is 12.1. The van der Waals surface area contributed by atoms with Crippen molar-refractivity contribution in [3.05, 3.63) is 28.2 Å². The van der Waals surface area contributed by atoms with Crippen LogP contribution in [0.15, 0.2) is 22.7 Å². The summed E-state index contributed by atoms with van der Waals surface area (Å²) in [6.07, 6.45) is 1.02. The quantitative estimate of drug-likeness (QED) is 0.847. The first kappa shape index (κ1) is 15.3. The lowest BCUT2D eigenvalue weighted by Crippen LogP contribution is -2.33. The van der Waals surface area contributed by atoms with Gasteiger partial charge in [0, 0.05) is 49.7 Å². The largest absolute Gasteiger partial charge is 0.496 e. The van der Waals surface area contributed by atoms with Gasteiger partial charge in [0.25, 0.3) is 0 Å². The zero-order valence-corrected chi connectivity index (χ0v) is 13.6. The summed E-state index contributed by atoms with van der Waals surface area (Å²) in [6, 6.07) is 6.08. The van der Waals surface area contributed by atoms with Gasteiger partial charge >= 0.3 is 0 Å². The van der Waals surface area contributed by atoms with Crippen LogP contribution in [0.2, 0.25) is 0 Å². The van der Waals surface area contributed by atoms with E-state index in [0.29, 0.717) is 0 Å². The van der Waals surface area contributed by atoms with E-state index in [1.165, 1.54) is 5.56 Å². The minimum absolute atomic E-state index is 0.173. The Morgan fingerprint density at radius 2 is 2.10 bits per heavy atom. The van der Waals surface area contributed by atoms with E-state index in [1.54, 1.807) is 14.0 Å². The fraction of sp³-hybridized carbons (Fsp3) is 0.533. The predicted octanol–water partition coefficient (Wildman–Crippen LogP) is 2.51. The van der Waals surface area contributed by atoms with Crippen LogP contribution in [0.3, 0.4) is 0 Å². The van der Waals surface area contributed by atoms with E-state index in [-0.39, 0.29) is 5.91 Å². The Morgan fingerprint density at radius 3 is 2.80 bits per heavy atom. The Morgan fingerprint density at radius 1 is 1.30 bits per heavy atom. The van der Waals surface area contributed by atoms with Gasteiger partial charge < -0.3 is 9.64 Å². The van der Waals surface area contributed by atoms with Gasteiger partial charge in [-0.1, -0.05) is 15.9 Å². The number of ether oxygens (including phenoxy) is 1. The Hall–Kier alpha value is -1.07. The SMILES string of the molecule is COc1ccc(Br)cc1CN1CCCN(C(C)=O)CC1. The molecular formula is C15H21BrN2O2. The highest BCUT2D eigenvalue weighted by atomic mass is 79.9. The third kappa shape index (κ3) is 3.96. The van der Waals surface area contributed by atoms with E-state index < -0.39 is 0 Å². The van der Waals surface area contributed by atoms with Gasteiger partial charge in [-0.15, -0.1) is 0 Å². The summed E-state index contributed by atoms with van der Waals surface area (Å²) >= 11 is 3.51. The first-order valence-corrected chi connectivity index (χ1v) is 7.69. The normalized spacial score (nSPS) is 16.9. The second kappa shape index (κ2) is 7.09. The van der Waals surface area contributed by atoms with Gasteiger partial charge in [0.2, 0.25) is 5.91 Å². The Labute approximate surface area is 128 Å². The number of nitrogens with zero attached hydrogens (tertiary/aromatic N) is 2. The van der Waals surface area contributed by atoms with E-state index in [1.807, 2.05) is 17.0 Å². The number of halogens is 1. The van der Waals surface area contributed by atoms with Crippen molar-refractivity contribution in [3.63, 3.8) is 0 Å². The lowest BCUT2D eigenvalue weighted by Gasteiger charge is -2.22. The second-order valence-corrected chi connectivity index (χ2v) is 6.01. The highest BCUT2D eigenvalue weighted by Crippen LogP contribution is 2.24. The molecule has 0 unspecified atom stereocenters. The van der Waals surface area contributed by atoms with Crippen LogP contribution in [-0.2, 0) is 11.3 Å². The van der Waals surface area contributed by atoms with E-state index in [0.717, 1.165) is 49.4 Å². The van der Waals surface area contributed by atoms with Crippen LogP contribution < -0.4 is 4.74 Å². The molecule has 1 fully saturated rings. The monoisotopic (exact) mass is 340 g/mol. The number of hydrogen-bond donors (Lipinski definition) is 0. The van der Waals surface area contributed by atoms with Crippen molar-refractivity contribution < 1.29 is 9.53 Å². The molecule has 0 N–H and O–H groups in total. The molecule has 4 nitrogen and oxygen atoms in total. The van der Waals surface area contributed by atoms with Gasteiger partial charge in [0.05, 0.1) is 7.11 Å². The first-order chi connectivity index (χ1) is 9.60. The molecule has 1 aliphatic rings. The third-order valence-corrected chi connectivity index (χ3v) is 4.16. The van der Waals surface area contributed by atoms with E-state index in [2.05, 4.69) is 26.9 Å². The Balaban J connectivity index is 2.03. The summed E-state index contributed by atoms with van der Waals surface area (Å²) in [7, 11) is 1.70. The summed E-state index contributed by atoms with van der Waals surface area (Å²) in [6.45, 7) is 6.10. The van der Waals surface area contributed by atoms with Crippen molar-refractivity contribution in [2.24, 2.45) is 0 Å². The Kier molecular flexibility index (Phi) is 5.43. The highest BCUT2D eigenvalue weighted by Gasteiger charge is 2.17. The van der Waals surface area contributed by atoms with E-state index >= 15 is 0 Å². The molecule has 0 atom stereocenters. The molecule has 0 saturated carbocycles. The number of benzene rings is 1. The maximum atomic E-state index is 11.4. The van der Waals surface area contributed by atoms with Crippen LogP contribution in [0.1, 0.15) is 18.9 Å². The molecular weight excluding hydrogens is 320 g/mol. The van der Waals surface area contributed by atoms with Crippen molar-refractivity contribution in [2.45, 2.75) is 19.9 Å². The summed E-state index contributed by atoms with van der Waals surface area (Å²) in [5.74, 6) is 1.09. The van der Waals surface area contributed by atoms with Crippen molar-refractivity contribution in [1.29, 1.82) is 0 Å². The topological polar surface area (TPSA) is 32.8 Å². The molecule has 1 heterocycles. The van der Waals surface area contributed by atoms with Crippen LogP contribution >= 0.6 is 15.9 Å². The number of amides is 1. The molecule has 5 heteroatoms. The molecule has 20 heavy (non-hydrogen) atoms. The van der Waals surface area contributed by atoms with Crippen molar-refractivity contribution >= 4 is 21.8 Å². The minimum Gasteiger partial charge on any atom is -0.496 e. The van der Waals surface area contributed by atoms with Crippen LogP contribution in [0.4, 0.5) is 0 Å². The smallest absolute Gasteiger partial charge is 0.219 e. The average Bonchev–Trinajstić information content (AvgIpc) is 2.65.